The van der Waals surface area contributed by atoms with Crippen LogP contribution in [0.2, 0.25) is 10.0 Å². The summed E-state index contributed by atoms with van der Waals surface area (Å²) in [7, 11) is 4.07. The van der Waals surface area contributed by atoms with E-state index in [-0.39, 0.29) is 0 Å². The van der Waals surface area contributed by atoms with E-state index in [1.54, 1.807) is 0 Å². The van der Waals surface area contributed by atoms with Gasteiger partial charge in [-0.3, -0.25) is 0 Å². The first kappa shape index (κ1) is 14.7. The van der Waals surface area contributed by atoms with E-state index in [9.17, 15) is 0 Å². The van der Waals surface area contributed by atoms with Gasteiger partial charge in [-0.15, -0.1) is 0 Å². The number of hydrogen-bond donors (Lipinski definition) is 1. The van der Waals surface area contributed by atoms with E-state index in [1.807, 2.05) is 13.1 Å². The van der Waals surface area contributed by atoms with Gasteiger partial charge in [0, 0.05) is 41.8 Å². The average molecular weight is 321 g/mol. The fourth-order valence-electron chi connectivity index (χ4n) is 3.04. The highest BCUT2D eigenvalue weighted by molar-refractivity contribution is 6.35. The third-order valence-corrected chi connectivity index (χ3v) is 4.63. The van der Waals surface area contributed by atoms with Crippen molar-refractivity contribution in [3.63, 3.8) is 0 Å². The quantitative estimate of drug-likeness (QED) is 0.869. The zero-order valence-electron chi connectivity index (χ0n) is 12.2. The molecular weight excluding hydrogens is 303 g/mol. The van der Waals surface area contributed by atoms with E-state index in [1.165, 1.54) is 16.7 Å². The number of likely N-dealkylation sites (N-methyl/N-ethyl adjacent to an activating group) is 1. The van der Waals surface area contributed by atoms with Crippen molar-refractivity contribution in [3.8, 4) is 0 Å². The van der Waals surface area contributed by atoms with Crippen LogP contribution in [-0.2, 0) is 6.54 Å². The number of fused-ring (bicyclic) bond motifs is 1. The summed E-state index contributed by atoms with van der Waals surface area (Å²) in [5.41, 5.74) is 4.84. The van der Waals surface area contributed by atoms with E-state index in [4.69, 9.17) is 23.2 Å². The van der Waals surface area contributed by atoms with Gasteiger partial charge in [-0.25, -0.2) is 0 Å². The van der Waals surface area contributed by atoms with Crippen molar-refractivity contribution < 1.29 is 0 Å². The number of nitrogens with one attached hydrogen (secondary N) is 1. The van der Waals surface area contributed by atoms with Crippen LogP contribution in [0.25, 0.3) is 0 Å². The molecule has 0 amide bonds. The molecule has 0 fully saturated rings. The zero-order chi connectivity index (χ0) is 15.0. The van der Waals surface area contributed by atoms with Crippen molar-refractivity contribution in [1.29, 1.82) is 0 Å². The summed E-state index contributed by atoms with van der Waals surface area (Å²) in [5, 5.41) is 4.67. The molecule has 2 aromatic rings. The van der Waals surface area contributed by atoms with Crippen molar-refractivity contribution in [2.75, 3.05) is 26.0 Å². The molecule has 1 aliphatic heterocycles. The van der Waals surface area contributed by atoms with Gasteiger partial charge in [0.15, 0.2) is 0 Å². The molecule has 0 radical (unpaired) electrons. The summed E-state index contributed by atoms with van der Waals surface area (Å²) in [6.07, 6.45) is 0. The molecule has 21 heavy (non-hydrogen) atoms. The van der Waals surface area contributed by atoms with E-state index in [0.717, 1.165) is 23.8 Å². The molecule has 1 N–H and O–H groups in total. The lowest BCUT2D eigenvalue weighted by atomic mass is 9.84. The fraction of sp³-hybridized carbons (Fsp3) is 0.294. The minimum Gasteiger partial charge on any atom is -0.388 e. The van der Waals surface area contributed by atoms with Gasteiger partial charge in [0.1, 0.15) is 0 Å². The summed E-state index contributed by atoms with van der Waals surface area (Å²) in [6, 6.07) is 12.4. The van der Waals surface area contributed by atoms with Crippen molar-refractivity contribution in [2.24, 2.45) is 0 Å². The second kappa shape index (κ2) is 5.88. The SMILES string of the molecule is CNc1cccc(C2CN(C)Cc3c(Cl)cc(Cl)cc32)c1. The predicted molar refractivity (Wildman–Crippen MR) is 90.6 cm³/mol. The Morgan fingerprint density at radius 2 is 2.00 bits per heavy atom. The maximum atomic E-state index is 6.40. The molecule has 0 saturated heterocycles. The molecule has 2 nitrogen and oxygen atoms in total. The van der Waals surface area contributed by atoms with Crippen molar-refractivity contribution in [2.45, 2.75) is 12.5 Å². The number of rotatable bonds is 2. The molecule has 0 aliphatic carbocycles. The molecule has 1 atom stereocenters. The fourth-order valence-corrected chi connectivity index (χ4v) is 3.61. The molecule has 0 bridgehead atoms. The molecule has 1 aliphatic rings. The number of anilines is 1. The summed E-state index contributed by atoms with van der Waals surface area (Å²) < 4.78 is 0. The molecule has 4 heteroatoms. The van der Waals surface area contributed by atoms with Gasteiger partial charge in [0.05, 0.1) is 0 Å². The van der Waals surface area contributed by atoms with Gasteiger partial charge in [-0.05, 0) is 48.0 Å². The van der Waals surface area contributed by atoms with Crippen LogP contribution in [0, 0.1) is 0 Å². The maximum absolute atomic E-state index is 6.40. The average Bonchev–Trinajstić information content (AvgIpc) is 2.47. The molecular formula is C17H18Cl2N2. The summed E-state index contributed by atoms with van der Waals surface area (Å²) in [4.78, 5) is 2.30. The van der Waals surface area contributed by atoms with E-state index in [0.29, 0.717) is 10.9 Å². The second-order valence-electron chi connectivity index (χ2n) is 5.58. The standard InChI is InChI=1S/C17H18Cl2N2/c1-20-13-5-3-4-11(6-13)15-9-21(2)10-16-14(15)7-12(18)8-17(16)19/h3-8,15,20H,9-10H2,1-2H3. The highest BCUT2D eigenvalue weighted by atomic mass is 35.5. The number of nitrogens with zero attached hydrogens (tertiary/aromatic N) is 1. The smallest absolute Gasteiger partial charge is 0.0468 e. The Morgan fingerprint density at radius 1 is 1.19 bits per heavy atom. The van der Waals surface area contributed by atoms with Crippen molar-refractivity contribution in [1.82, 2.24) is 4.90 Å². The molecule has 1 heterocycles. The van der Waals surface area contributed by atoms with Crippen LogP contribution in [0.4, 0.5) is 5.69 Å². The highest BCUT2D eigenvalue weighted by Crippen LogP contribution is 2.38. The summed E-state index contributed by atoms with van der Waals surface area (Å²) in [5.74, 6) is 0.295. The molecule has 0 spiro atoms. The van der Waals surface area contributed by atoms with Crippen molar-refractivity contribution >= 4 is 28.9 Å². The Kier molecular flexibility index (Phi) is 4.12. The van der Waals surface area contributed by atoms with E-state index < -0.39 is 0 Å². The number of hydrogen-bond acceptors (Lipinski definition) is 2. The Morgan fingerprint density at radius 3 is 2.76 bits per heavy atom. The number of halogens is 2. The third kappa shape index (κ3) is 2.89. The van der Waals surface area contributed by atoms with Gasteiger partial charge >= 0.3 is 0 Å². The van der Waals surface area contributed by atoms with E-state index in [2.05, 4.69) is 47.6 Å². The lowest BCUT2D eigenvalue weighted by molar-refractivity contribution is 0.295. The Hall–Kier alpha value is -1.22. The minimum absolute atomic E-state index is 0.295. The maximum Gasteiger partial charge on any atom is 0.0468 e. The van der Waals surface area contributed by atoms with Gasteiger partial charge in [-0.2, -0.15) is 0 Å². The first-order valence-corrected chi connectivity index (χ1v) is 7.78. The lowest BCUT2D eigenvalue weighted by Crippen LogP contribution is -2.31. The van der Waals surface area contributed by atoms with Gasteiger partial charge in [0.2, 0.25) is 0 Å². The predicted octanol–water partition coefficient (Wildman–Crippen LogP) is 4.61. The van der Waals surface area contributed by atoms with Crippen LogP contribution in [-0.4, -0.2) is 25.5 Å². The first-order valence-electron chi connectivity index (χ1n) is 7.02. The molecule has 110 valence electrons. The highest BCUT2D eigenvalue weighted by Gasteiger charge is 2.27. The normalized spacial score (nSPS) is 18.4. The molecule has 0 saturated carbocycles. The molecule has 2 aromatic carbocycles. The van der Waals surface area contributed by atoms with Crippen molar-refractivity contribution in [3.05, 3.63) is 63.1 Å². The summed E-state index contributed by atoms with van der Waals surface area (Å²) >= 11 is 12.6. The van der Waals surface area contributed by atoms with Gasteiger partial charge in [-0.1, -0.05) is 35.3 Å². The molecule has 3 rings (SSSR count). The number of benzene rings is 2. The lowest BCUT2D eigenvalue weighted by Gasteiger charge is -2.33. The summed E-state index contributed by atoms with van der Waals surface area (Å²) in [6.45, 7) is 1.84. The van der Waals surface area contributed by atoms with Gasteiger partial charge in [0.25, 0.3) is 0 Å². The Labute approximate surface area is 135 Å². The molecule has 1 unspecified atom stereocenters. The van der Waals surface area contributed by atoms with Gasteiger partial charge < -0.3 is 10.2 Å². The largest absolute Gasteiger partial charge is 0.388 e. The Bertz CT molecular complexity index is 670. The monoisotopic (exact) mass is 320 g/mol. The second-order valence-corrected chi connectivity index (χ2v) is 6.42. The zero-order valence-corrected chi connectivity index (χ0v) is 13.7. The van der Waals surface area contributed by atoms with Crippen LogP contribution in [0.3, 0.4) is 0 Å². The van der Waals surface area contributed by atoms with Crippen LogP contribution in [0.15, 0.2) is 36.4 Å². The third-order valence-electron chi connectivity index (χ3n) is 4.07. The van der Waals surface area contributed by atoms with Crippen LogP contribution in [0.1, 0.15) is 22.6 Å². The van der Waals surface area contributed by atoms with Crippen LogP contribution in [0.5, 0.6) is 0 Å². The first-order chi connectivity index (χ1) is 10.1. The topological polar surface area (TPSA) is 15.3 Å². The van der Waals surface area contributed by atoms with Crippen LogP contribution >= 0.6 is 23.2 Å². The Balaban J connectivity index is 2.12. The van der Waals surface area contributed by atoms with E-state index >= 15 is 0 Å². The van der Waals surface area contributed by atoms with Crippen LogP contribution < -0.4 is 5.32 Å². The minimum atomic E-state index is 0.295. The molecule has 0 aromatic heterocycles.